The van der Waals surface area contributed by atoms with E-state index in [0.717, 1.165) is 17.0 Å². The fourth-order valence-electron chi connectivity index (χ4n) is 1.63. The van der Waals surface area contributed by atoms with Gasteiger partial charge in [0.1, 0.15) is 5.75 Å². The number of aryl methyl sites for hydroxylation is 1. The van der Waals surface area contributed by atoms with E-state index in [9.17, 15) is 4.79 Å². The normalized spacial score (nSPS) is 12.1. The second-order valence-corrected chi connectivity index (χ2v) is 4.76. The van der Waals surface area contributed by atoms with Gasteiger partial charge in [-0.25, -0.2) is 0 Å². The number of nitrogens with two attached hydrogens (primary N) is 1. The highest BCUT2D eigenvalue weighted by molar-refractivity contribution is 5.95. The van der Waals surface area contributed by atoms with Crippen molar-refractivity contribution in [3.63, 3.8) is 0 Å². The van der Waals surface area contributed by atoms with Gasteiger partial charge in [0.15, 0.2) is 0 Å². The van der Waals surface area contributed by atoms with Gasteiger partial charge in [-0.1, -0.05) is 6.08 Å². The smallest absolute Gasteiger partial charge is 0.241 e. The number of rotatable bonds is 6. The third kappa shape index (κ3) is 4.75. The van der Waals surface area contributed by atoms with Crippen molar-refractivity contribution in [2.24, 2.45) is 5.73 Å². The molecule has 0 saturated carbocycles. The highest BCUT2D eigenvalue weighted by Gasteiger charge is 2.13. The molecule has 1 aromatic rings. The topological polar surface area (TPSA) is 64.4 Å². The summed E-state index contributed by atoms with van der Waals surface area (Å²) in [4.78, 5) is 11.8. The Labute approximate surface area is 114 Å². The van der Waals surface area contributed by atoms with Crippen molar-refractivity contribution in [1.82, 2.24) is 0 Å². The predicted octanol–water partition coefficient (Wildman–Crippen LogP) is 2.62. The summed E-state index contributed by atoms with van der Waals surface area (Å²) < 4.78 is 5.59. The fraction of sp³-hybridized carbons (Fsp3) is 0.400. The van der Waals surface area contributed by atoms with Gasteiger partial charge in [0.05, 0.1) is 12.1 Å². The second kappa shape index (κ2) is 6.95. The van der Waals surface area contributed by atoms with Gasteiger partial charge in [0.2, 0.25) is 5.91 Å². The van der Waals surface area contributed by atoms with Crippen LogP contribution in [0.15, 0.2) is 30.9 Å². The largest absolute Gasteiger partial charge is 0.491 e. The second-order valence-electron chi connectivity index (χ2n) is 4.76. The number of carbonyl (C=O) groups excluding carboxylic acids is 1. The lowest BCUT2D eigenvalue weighted by Gasteiger charge is -2.15. The average Bonchev–Trinajstić information content (AvgIpc) is 2.32. The van der Waals surface area contributed by atoms with E-state index in [4.69, 9.17) is 10.5 Å². The van der Waals surface area contributed by atoms with Crippen LogP contribution in [0.3, 0.4) is 0 Å². The summed E-state index contributed by atoms with van der Waals surface area (Å²) in [5.74, 6) is 0.585. The molecule has 0 radical (unpaired) electrons. The van der Waals surface area contributed by atoms with Crippen LogP contribution in [0, 0.1) is 6.92 Å². The minimum absolute atomic E-state index is 0.126. The summed E-state index contributed by atoms with van der Waals surface area (Å²) >= 11 is 0. The van der Waals surface area contributed by atoms with Crippen LogP contribution in [0.25, 0.3) is 0 Å². The number of carbonyl (C=O) groups is 1. The Morgan fingerprint density at radius 3 is 2.74 bits per heavy atom. The molecule has 4 heteroatoms. The van der Waals surface area contributed by atoms with E-state index in [1.54, 1.807) is 6.08 Å². The highest BCUT2D eigenvalue weighted by Crippen LogP contribution is 2.22. The van der Waals surface area contributed by atoms with Crippen molar-refractivity contribution in [2.45, 2.75) is 39.3 Å². The standard InChI is InChI=1S/C15H22N2O2/c1-5-6-13(16)15(18)17-14-8-7-12(9-11(14)4)19-10(2)3/h5,7-10,13H,1,6,16H2,2-4H3,(H,17,18). The minimum atomic E-state index is -0.566. The molecule has 0 aliphatic heterocycles. The molecule has 0 aliphatic carbocycles. The molecule has 104 valence electrons. The molecule has 0 fully saturated rings. The van der Waals surface area contributed by atoms with Crippen LogP contribution < -0.4 is 15.8 Å². The number of amides is 1. The summed E-state index contributed by atoms with van der Waals surface area (Å²) in [7, 11) is 0. The van der Waals surface area contributed by atoms with Crippen molar-refractivity contribution < 1.29 is 9.53 Å². The first-order valence-electron chi connectivity index (χ1n) is 6.38. The van der Waals surface area contributed by atoms with Crippen molar-refractivity contribution in [2.75, 3.05) is 5.32 Å². The molecular formula is C15H22N2O2. The molecule has 1 unspecified atom stereocenters. The Balaban J connectivity index is 2.74. The van der Waals surface area contributed by atoms with Crippen LogP contribution in [-0.2, 0) is 4.79 Å². The quantitative estimate of drug-likeness (QED) is 0.775. The molecule has 0 spiro atoms. The van der Waals surface area contributed by atoms with Gasteiger partial charge in [-0.2, -0.15) is 0 Å². The molecule has 1 amide bonds. The Hall–Kier alpha value is -1.81. The molecular weight excluding hydrogens is 240 g/mol. The third-order valence-corrected chi connectivity index (χ3v) is 2.58. The maximum atomic E-state index is 11.8. The van der Waals surface area contributed by atoms with Crippen molar-refractivity contribution in [3.8, 4) is 5.75 Å². The van der Waals surface area contributed by atoms with E-state index in [1.165, 1.54) is 0 Å². The van der Waals surface area contributed by atoms with Gasteiger partial charge in [-0.15, -0.1) is 6.58 Å². The van der Waals surface area contributed by atoms with Crippen LogP contribution in [0.4, 0.5) is 5.69 Å². The molecule has 1 aromatic carbocycles. The molecule has 0 aromatic heterocycles. The first kappa shape index (κ1) is 15.2. The van der Waals surface area contributed by atoms with E-state index in [0.29, 0.717) is 6.42 Å². The van der Waals surface area contributed by atoms with Gasteiger partial charge >= 0.3 is 0 Å². The zero-order valence-electron chi connectivity index (χ0n) is 11.8. The first-order chi connectivity index (χ1) is 8.93. The maximum absolute atomic E-state index is 11.8. The molecule has 19 heavy (non-hydrogen) atoms. The molecule has 0 bridgehead atoms. The van der Waals surface area contributed by atoms with Crippen LogP contribution in [0.5, 0.6) is 5.75 Å². The molecule has 1 atom stereocenters. The van der Waals surface area contributed by atoms with E-state index >= 15 is 0 Å². The average molecular weight is 262 g/mol. The van der Waals surface area contributed by atoms with E-state index in [1.807, 2.05) is 39.0 Å². The molecule has 4 nitrogen and oxygen atoms in total. The third-order valence-electron chi connectivity index (χ3n) is 2.58. The Kier molecular flexibility index (Phi) is 5.57. The number of hydrogen-bond donors (Lipinski definition) is 2. The molecule has 0 heterocycles. The Morgan fingerprint density at radius 2 is 2.21 bits per heavy atom. The summed E-state index contributed by atoms with van der Waals surface area (Å²) in [6, 6.07) is 4.99. The van der Waals surface area contributed by atoms with Gasteiger partial charge < -0.3 is 15.8 Å². The van der Waals surface area contributed by atoms with Crippen LogP contribution >= 0.6 is 0 Å². The monoisotopic (exact) mass is 262 g/mol. The number of ether oxygens (including phenoxy) is 1. The van der Waals surface area contributed by atoms with Gasteiger partial charge in [0, 0.05) is 5.69 Å². The highest BCUT2D eigenvalue weighted by atomic mass is 16.5. The zero-order chi connectivity index (χ0) is 14.4. The number of benzene rings is 1. The van der Waals surface area contributed by atoms with Crippen LogP contribution in [0.1, 0.15) is 25.8 Å². The minimum Gasteiger partial charge on any atom is -0.491 e. The first-order valence-corrected chi connectivity index (χ1v) is 6.38. The van der Waals surface area contributed by atoms with Crippen molar-refractivity contribution in [1.29, 1.82) is 0 Å². The van der Waals surface area contributed by atoms with Crippen molar-refractivity contribution in [3.05, 3.63) is 36.4 Å². The number of hydrogen-bond acceptors (Lipinski definition) is 3. The Bertz CT molecular complexity index is 455. The summed E-state index contributed by atoms with van der Waals surface area (Å²) in [6.45, 7) is 9.43. The zero-order valence-corrected chi connectivity index (χ0v) is 11.8. The number of anilines is 1. The van der Waals surface area contributed by atoms with Gasteiger partial charge in [-0.3, -0.25) is 4.79 Å². The molecule has 0 saturated heterocycles. The molecule has 3 N–H and O–H groups in total. The Morgan fingerprint density at radius 1 is 1.53 bits per heavy atom. The molecule has 1 rings (SSSR count). The van der Waals surface area contributed by atoms with E-state index in [-0.39, 0.29) is 12.0 Å². The lowest BCUT2D eigenvalue weighted by atomic mass is 10.1. The lowest BCUT2D eigenvalue weighted by molar-refractivity contribution is -0.117. The van der Waals surface area contributed by atoms with Crippen molar-refractivity contribution >= 4 is 11.6 Å². The summed E-state index contributed by atoms with van der Waals surface area (Å²) in [5.41, 5.74) is 7.41. The van der Waals surface area contributed by atoms with Gasteiger partial charge in [-0.05, 0) is 51.0 Å². The molecule has 0 aliphatic rings. The SMILES string of the molecule is C=CCC(N)C(=O)Nc1ccc(OC(C)C)cc1C. The van der Waals surface area contributed by atoms with Crippen LogP contribution in [0.2, 0.25) is 0 Å². The fourth-order valence-corrected chi connectivity index (χ4v) is 1.63. The summed E-state index contributed by atoms with van der Waals surface area (Å²) in [5, 5.41) is 2.81. The number of nitrogens with one attached hydrogen (secondary N) is 1. The maximum Gasteiger partial charge on any atom is 0.241 e. The van der Waals surface area contributed by atoms with Crippen LogP contribution in [-0.4, -0.2) is 18.1 Å². The lowest BCUT2D eigenvalue weighted by Crippen LogP contribution is -2.35. The predicted molar refractivity (Wildman–Crippen MR) is 78.4 cm³/mol. The van der Waals surface area contributed by atoms with E-state index < -0.39 is 6.04 Å². The van der Waals surface area contributed by atoms with Gasteiger partial charge in [0.25, 0.3) is 0 Å². The summed E-state index contributed by atoms with van der Waals surface area (Å²) in [6.07, 6.45) is 2.22. The van der Waals surface area contributed by atoms with E-state index in [2.05, 4.69) is 11.9 Å².